The maximum absolute atomic E-state index is 6.25. The molecule has 0 saturated carbocycles. The van der Waals surface area contributed by atoms with Crippen molar-refractivity contribution in [2.24, 2.45) is 0 Å². The normalized spacial score (nSPS) is 10.9. The van der Waals surface area contributed by atoms with Crippen LogP contribution < -0.4 is 4.90 Å². The average molecular weight is 258 g/mol. The number of rotatable bonds is 6. The molecule has 1 rings (SSSR count). The molecule has 1 aromatic carbocycles. The maximum atomic E-state index is 6.25. The number of ether oxygens (including phenoxy) is 2. The first-order valence-electron chi connectivity index (χ1n) is 5.80. The lowest BCUT2D eigenvalue weighted by molar-refractivity contribution is -0.140. The number of hydrogen-bond donors (Lipinski definition) is 0. The van der Waals surface area contributed by atoms with E-state index in [1.54, 1.807) is 0 Å². The van der Waals surface area contributed by atoms with Crippen LogP contribution in [-0.4, -0.2) is 27.3 Å². The molecule has 0 aromatic heterocycles. The lowest BCUT2D eigenvalue weighted by Crippen LogP contribution is -2.11. The minimum atomic E-state index is -0.381. The smallest absolute Gasteiger partial charge is 0.185 e. The lowest BCUT2D eigenvalue weighted by atomic mass is 10.2. The molecule has 0 heterocycles. The summed E-state index contributed by atoms with van der Waals surface area (Å²) in [5, 5.41) is 0.670. The Kier molecular flexibility index (Phi) is 5.75. The van der Waals surface area contributed by atoms with Gasteiger partial charge in [0, 0.05) is 38.6 Å². The van der Waals surface area contributed by atoms with E-state index in [9.17, 15) is 0 Å². The summed E-state index contributed by atoms with van der Waals surface area (Å²) in [5.74, 6) is 0. The van der Waals surface area contributed by atoms with E-state index >= 15 is 0 Å². The van der Waals surface area contributed by atoms with Crippen LogP contribution in [0.5, 0.6) is 0 Å². The van der Waals surface area contributed by atoms with Gasteiger partial charge in [-0.1, -0.05) is 17.7 Å². The molecular formula is C13H20ClNO2. The molecule has 0 aliphatic carbocycles. The summed E-state index contributed by atoms with van der Waals surface area (Å²) < 4.78 is 11.1. The molecule has 17 heavy (non-hydrogen) atoms. The predicted octanol–water partition coefficient (Wildman–Crippen LogP) is 3.48. The van der Waals surface area contributed by atoms with Gasteiger partial charge in [-0.25, -0.2) is 0 Å². The quantitative estimate of drug-likeness (QED) is 0.729. The van der Waals surface area contributed by atoms with Gasteiger partial charge in [0.15, 0.2) is 6.29 Å². The van der Waals surface area contributed by atoms with E-state index < -0.39 is 0 Å². The Labute approximate surface area is 108 Å². The van der Waals surface area contributed by atoms with Gasteiger partial charge in [-0.15, -0.1) is 0 Å². The number of nitrogens with zero attached hydrogens (tertiary/aromatic N) is 1. The molecule has 0 aliphatic heterocycles. The highest BCUT2D eigenvalue weighted by Crippen LogP contribution is 2.30. The summed E-state index contributed by atoms with van der Waals surface area (Å²) in [6.45, 7) is 5.06. The zero-order valence-electron chi connectivity index (χ0n) is 10.9. The molecule has 0 saturated heterocycles. The van der Waals surface area contributed by atoms with Gasteiger partial charge in [0.2, 0.25) is 0 Å². The van der Waals surface area contributed by atoms with Crippen molar-refractivity contribution in [1.29, 1.82) is 0 Å². The second-order valence-electron chi connectivity index (χ2n) is 3.84. The van der Waals surface area contributed by atoms with Crippen LogP contribution >= 0.6 is 11.6 Å². The van der Waals surface area contributed by atoms with E-state index in [0.29, 0.717) is 18.2 Å². The first-order valence-corrected chi connectivity index (χ1v) is 6.17. The van der Waals surface area contributed by atoms with Crippen molar-refractivity contribution < 1.29 is 9.47 Å². The molecule has 0 aliphatic rings. The fourth-order valence-electron chi connectivity index (χ4n) is 1.52. The molecule has 3 nitrogen and oxygen atoms in total. The third-order valence-electron chi connectivity index (χ3n) is 2.39. The Bertz CT molecular complexity index is 349. The van der Waals surface area contributed by atoms with Crippen LogP contribution in [-0.2, 0) is 9.47 Å². The topological polar surface area (TPSA) is 21.7 Å². The summed E-state index contributed by atoms with van der Waals surface area (Å²) in [4.78, 5) is 2.01. The molecule has 0 spiro atoms. The number of hydrogen-bond acceptors (Lipinski definition) is 3. The molecule has 0 amide bonds. The van der Waals surface area contributed by atoms with Crippen molar-refractivity contribution in [3.63, 3.8) is 0 Å². The third-order valence-corrected chi connectivity index (χ3v) is 2.72. The highest BCUT2D eigenvalue weighted by molar-refractivity contribution is 6.31. The van der Waals surface area contributed by atoms with Gasteiger partial charge in [-0.3, -0.25) is 0 Å². The highest BCUT2D eigenvalue weighted by atomic mass is 35.5. The SMILES string of the molecule is CCOC(OCC)c1ccc(N(C)C)cc1Cl. The lowest BCUT2D eigenvalue weighted by Gasteiger charge is -2.20. The second-order valence-corrected chi connectivity index (χ2v) is 4.25. The minimum Gasteiger partial charge on any atom is -0.378 e. The number of halogens is 1. The summed E-state index contributed by atoms with van der Waals surface area (Å²) in [5.41, 5.74) is 1.94. The summed E-state index contributed by atoms with van der Waals surface area (Å²) in [7, 11) is 3.96. The van der Waals surface area contributed by atoms with Gasteiger partial charge in [0.1, 0.15) is 0 Å². The number of benzene rings is 1. The molecule has 4 heteroatoms. The number of anilines is 1. The highest BCUT2D eigenvalue weighted by Gasteiger charge is 2.15. The van der Waals surface area contributed by atoms with Crippen molar-refractivity contribution in [2.75, 3.05) is 32.2 Å². The summed E-state index contributed by atoms with van der Waals surface area (Å²) in [6.07, 6.45) is -0.381. The van der Waals surface area contributed by atoms with Gasteiger partial charge in [-0.05, 0) is 26.0 Å². The van der Waals surface area contributed by atoms with Gasteiger partial charge in [0.25, 0.3) is 0 Å². The van der Waals surface area contributed by atoms with E-state index in [0.717, 1.165) is 11.3 Å². The van der Waals surface area contributed by atoms with E-state index in [1.165, 1.54) is 0 Å². The van der Waals surface area contributed by atoms with Gasteiger partial charge in [0.05, 0.1) is 5.02 Å². The zero-order valence-corrected chi connectivity index (χ0v) is 11.6. The zero-order chi connectivity index (χ0) is 12.8. The van der Waals surface area contributed by atoms with Gasteiger partial charge in [-0.2, -0.15) is 0 Å². The second kappa shape index (κ2) is 6.84. The van der Waals surface area contributed by atoms with Crippen molar-refractivity contribution in [2.45, 2.75) is 20.1 Å². The summed E-state index contributed by atoms with van der Waals surface area (Å²) >= 11 is 6.25. The molecule has 0 N–H and O–H groups in total. The summed E-state index contributed by atoms with van der Waals surface area (Å²) in [6, 6.07) is 5.88. The monoisotopic (exact) mass is 257 g/mol. The van der Waals surface area contributed by atoms with Crippen LogP contribution in [0.2, 0.25) is 5.02 Å². The Morgan fingerprint density at radius 3 is 2.18 bits per heavy atom. The van der Waals surface area contributed by atoms with Crippen molar-refractivity contribution in [1.82, 2.24) is 0 Å². The van der Waals surface area contributed by atoms with Crippen LogP contribution in [0.3, 0.4) is 0 Å². The van der Waals surface area contributed by atoms with Gasteiger partial charge >= 0.3 is 0 Å². The van der Waals surface area contributed by atoms with E-state index in [1.807, 2.05) is 51.0 Å². The maximum Gasteiger partial charge on any atom is 0.185 e. The predicted molar refractivity (Wildman–Crippen MR) is 71.8 cm³/mol. The fourth-order valence-corrected chi connectivity index (χ4v) is 1.78. The van der Waals surface area contributed by atoms with Crippen LogP contribution in [0.1, 0.15) is 25.7 Å². The van der Waals surface area contributed by atoms with Crippen LogP contribution in [0.4, 0.5) is 5.69 Å². The van der Waals surface area contributed by atoms with Crippen LogP contribution in [0, 0.1) is 0 Å². The molecule has 1 aromatic rings. The Hall–Kier alpha value is -0.770. The average Bonchev–Trinajstić information content (AvgIpc) is 2.28. The van der Waals surface area contributed by atoms with E-state index in [2.05, 4.69) is 0 Å². The van der Waals surface area contributed by atoms with E-state index in [-0.39, 0.29) is 6.29 Å². The van der Waals surface area contributed by atoms with Crippen LogP contribution in [0.25, 0.3) is 0 Å². The Morgan fingerprint density at radius 1 is 1.18 bits per heavy atom. The first-order chi connectivity index (χ1) is 8.10. The molecule has 96 valence electrons. The third kappa shape index (κ3) is 3.87. The van der Waals surface area contributed by atoms with Crippen molar-refractivity contribution >= 4 is 17.3 Å². The minimum absolute atomic E-state index is 0.381. The molecular weight excluding hydrogens is 238 g/mol. The Balaban J connectivity index is 2.95. The molecule has 0 fully saturated rings. The molecule has 0 radical (unpaired) electrons. The van der Waals surface area contributed by atoms with E-state index in [4.69, 9.17) is 21.1 Å². The molecule has 0 unspecified atom stereocenters. The first kappa shape index (κ1) is 14.3. The Morgan fingerprint density at radius 2 is 1.76 bits per heavy atom. The van der Waals surface area contributed by atoms with Crippen molar-refractivity contribution in [3.8, 4) is 0 Å². The fraction of sp³-hybridized carbons (Fsp3) is 0.538. The van der Waals surface area contributed by atoms with Gasteiger partial charge < -0.3 is 14.4 Å². The standard InChI is InChI=1S/C13H20ClNO2/c1-5-16-13(17-6-2)11-8-7-10(15(3)4)9-12(11)14/h7-9,13H,5-6H2,1-4H3. The molecule has 0 bridgehead atoms. The molecule has 0 atom stereocenters. The largest absolute Gasteiger partial charge is 0.378 e. The van der Waals surface area contributed by atoms with Crippen LogP contribution in [0.15, 0.2) is 18.2 Å². The van der Waals surface area contributed by atoms with Crippen molar-refractivity contribution in [3.05, 3.63) is 28.8 Å².